The molecular formula is C14H11Cl2N5. The zero-order valence-corrected chi connectivity index (χ0v) is 12.4. The molecule has 0 aliphatic heterocycles. The van der Waals surface area contributed by atoms with Crippen LogP contribution >= 0.6 is 23.2 Å². The number of hydrogen-bond acceptors (Lipinski definition) is 5. The summed E-state index contributed by atoms with van der Waals surface area (Å²) in [5, 5.41) is 11.8. The van der Waals surface area contributed by atoms with E-state index in [4.69, 9.17) is 23.2 Å². The van der Waals surface area contributed by atoms with Crippen molar-refractivity contribution in [1.29, 1.82) is 0 Å². The molecule has 5 nitrogen and oxygen atoms in total. The highest BCUT2D eigenvalue weighted by Gasteiger charge is 2.06. The third kappa shape index (κ3) is 3.20. The highest BCUT2D eigenvalue weighted by molar-refractivity contribution is 6.32. The first-order valence-electron chi connectivity index (χ1n) is 6.36. The van der Waals surface area contributed by atoms with Crippen LogP contribution in [0.2, 0.25) is 10.4 Å². The summed E-state index contributed by atoms with van der Waals surface area (Å²) in [6.07, 6.45) is 2.58. The van der Waals surface area contributed by atoms with Gasteiger partial charge in [0, 0.05) is 18.1 Å². The zero-order chi connectivity index (χ0) is 14.7. The molecule has 0 amide bonds. The van der Waals surface area contributed by atoms with Gasteiger partial charge >= 0.3 is 0 Å². The predicted molar refractivity (Wildman–Crippen MR) is 83.8 cm³/mol. The van der Waals surface area contributed by atoms with Crippen molar-refractivity contribution in [3.8, 4) is 0 Å². The predicted octanol–water partition coefficient (Wildman–Crippen LogP) is 3.38. The second-order valence-electron chi connectivity index (χ2n) is 4.39. The van der Waals surface area contributed by atoms with Crippen LogP contribution in [0.3, 0.4) is 0 Å². The Labute approximate surface area is 131 Å². The van der Waals surface area contributed by atoms with Crippen molar-refractivity contribution in [3.63, 3.8) is 0 Å². The summed E-state index contributed by atoms with van der Waals surface area (Å²) in [6.45, 7) is 0.643. The van der Waals surface area contributed by atoms with E-state index in [2.05, 4.69) is 31.5 Å². The molecule has 2 aromatic heterocycles. The van der Waals surface area contributed by atoms with Crippen LogP contribution < -0.4 is 5.32 Å². The lowest BCUT2D eigenvalue weighted by molar-refractivity contribution is 0.945. The lowest BCUT2D eigenvalue weighted by Crippen LogP contribution is -2.08. The number of halogens is 2. The molecule has 0 fully saturated rings. The van der Waals surface area contributed by atoms with Gasteiger partial charge < -0.3 is 5.32 Å². The number of hydrogen-bond donors (Lipinski definition) is 1. The summed E-state index contributed by atoms with van der Waals surface area (Å²) in [5.41, 5.74) is 2.16. The fourth-order valence-electron chi connectivity index (χ4n) is 2.09. The van der Waals surface area contributed by atoms with E-state index in [-0.39, 0.29) is 10.4 Å². The molecule has 1 N–H and O–H groups in total. The van der Waals surface area contributed by atoms with Gasteiger partial charge in [0.2, 0.25) is 5.28 Å². The Bertz CT molecular complexity index is 773. The molecule has 0 saturated heterocycles. The molecule has 3 aromatic rings. The molecular weight excluding hydrogens is 309 g/mol. The minimum atomic E-state index is 0.0636. The van der Waals surface area contributed by atoms with E-state index >= 15 is 0 Å². The molecule has 7 heteroatoms. The summed E-state index contributed by atoms with van der Waals surface area (Å²) in [4.78, 5) is 8.42. The molecule has 0 saturated carbocycles. The van der Waals surface area contributed by atoms with Gasteiger partial charge in [-0.3, -0.25) is 4.98 Å². The fraction of sp³-hybridized carbons (Fsp3) is 0.143. The normalized spacial score (nSPS) is 10.8. The van der Waals surface area contributed by atoms with Crippen molar-refractivity contribution in [1.82, 2.24) is 20.2 Å². The highest BCUT2D eigenvalue weighted by Crippen LogP contribution is 2.18. The average Bonchev–Trinajstić information content (AvgIpc) is 2.51. The minimum Gasteiger partial charge on any atom is -0.367 e. The van der Waals surface area contributed by atoms with E-state index in [9.17, 15) is 0 Å². The van der Waals surface area contributed by atoms with Gasteiger partial charge in [-0.15, -0.1) is 10.2 Å². The number of para-hydroxylation sites is 1. The van der Waals surface area contributed by atoms with Gasteiger partial charge in [-0.25, -0.2) is 0 Å². The van der Waals surface area contributed by atoms with Gasteiger partial charge in [-0.2, -0.15) is 4.98 Å². The number of rotatable bonds is 4. The number of nitrogens with one attached hydrogen (secondary N) is 1. The van der Waals surface area contributed by atoms with Gasteiger partial charge in [0.25, 0.3) is 0 Å². The number of aromatic nitrogens is 4. The van der Waals surface area contributed by atoms with E-state index < -0.39 is 0 Å². The third-order valence-corrected chi connectivity index (χ3v) is 3.44. The first-order valence-corrected chi connectivity index (χ1v) is 7.12. The summed E-state index contributed by atoms with van der Waals surface area (Å²) < 4.78 is 0. The summed E-state index contributed by atoms with van der Waals surface area (Å²) in [5.74, 6) is 0.435. The number of benzene rings is 1. The van der Waals surface area contributed by atoms with Crippen LogP contribution in [0.1, 0.15) is 5.56 Å². The van der Waals surface area contributed by atoms with Gasteiger partial charge in [-0.05, 0) is 29.7 Å². The van der Waals surface area contributed by atoms with Gasteiger partial charge in [-0.1, -0.05) is 35.9 Å². The maximum absolute atomic E-state index is 5.90. The Morgan fingerprint density at radius 3 is 2.81 bits per heavy atom. The maximum Gasteiger partial charge on any atom is 0.245 e. The molecule has 0 spiro atoms. The lowest BCUT2D eigenvalue weighted by Gasteiger charge is -2.08. The Morgan fingerprint density at radius 1 is 1.05 bits per heavy atom. The minimum absolute atomic E-state index is 0.0636. The lowest BCUT2D eigenvalue weighted by atomic mass is 10.1. The Hall–Kier alpha value is -1.98. The smallest absolute Gasteiger partial charge is 0.245 e. The molecule has 0 atom stereocenters. The number of fused-ring (bicyclic) bond motifs is 1. The first kappa shape index (κ1) is 14.0. The van der Waals surface area contributed by atoms with Crippen LogP contribution in [-0.2, 0) is 6.42 Å². The van der Waals surface area contributed by atoms with Gasteiger partial charge in [0.05, 0.1) is 5.52 Å². The molecule has 1 aromatic carbocycles. The zero-order valence-electron chi connectivity index (χ0n) is 10.9. The van der Waals surface area contributed by atoms with E-state index in [0.717, 1.165) is 22.9 Å². The van der Waals surface area contributed by atoms with Crippen molar-refractivity contribution >= 4 is 39.9 Å². The molecule has 3 rings (SSSR count). The Kier molecular flexibility index (Phi) is 4.13. The monoisotopic (exact) mass is 319 g/mol. The molecule has 106 valence electrons. The fourth-order valence-corrected chi connectivity index (χ4v) is 2.36. The van der Waals surface area contributed by atoms with Crippen LogP contribution in [-0.4, -0.2) is 26.7 Å². The molecule has 0 bridgehead atoms. The number of nitrogens with zero attached hydrogens (tertiary/aromatic N) is 4. The average molecular weight is 320 g/mol. The second-order valence-corrected chi connectivity index (χ2v) is 5.09. The number of anilines is 1. The standard InChI is InChI=1S/C14H11Cl2N5/c15-12-13(19-14(16)21-20-12)18-8-6-10-4-1-3-9-5-2-7-17-11(9)10/h1-5,7H,6,8H2,(H,18,19,21). The van der Waals surface area contributed by atoms with Crippen molar-refractivity contribution in [2.45, 2.75) is 6.42 Å². The van der Waals surface area contributed by atoms with Crippen molar-refractivity contribution in [2.75, 3.05) is 11.9 Å². The highest BCUT2D eigenvalue weighted by atomic mass is 35.5. The molecule has 0 radical (unpaired) electrons. The Morgan fingerprint density at radius 2 is 1.90 bits per heavy atom. The van der Waals surface area contributed by atoms with E-state index in [1.54, 1.807) is 6.20 Å². The SMILES string of the molecule is Clc1nnc(Cl)c(NCCc2cccc3cccnc23)n1. The van der Waals surface area contributed by atoms with Crippen molar-refractivity contribution in [2.24, 2.45) is 0 Å². The van der Waals surface area contributed by atoms with Crippen LogP contribution in [0.15, 0.2) is 36.5 Å². The van der Waals surface area contributed by atoms with Crippen LogP contribution in [0.4, 0.5) is 5.82 Å². The molecule has 21 heavy (non-hydrogen) atoms. The number of pyridine rings is 1. The van der Waals surface area contributed by atoms with Gasteiger partial charge in [0.15, 0.2) is 11.0 Å². The first-order chi connectivity index (χ1) is 10.2. The largest absolute Gasteiger partial charge is 0.367 e. The topological polar surface area (TPSA) is 63.6 Å². The molecule has 0 unspecified atom stereocenters. The summed E-state index contributed by atoms with van der Waals surface area (Å²) in [7, 11) is 0. The Balaban J connectivity index is 1.74. The van der Waals surface area contributed by atoms with E-state index in [1.165, 1.54) is 0 Å². The van der Waals surface area contributed by atoms with Crippen LogP contribution in [0.5, 0.6) is 0 Å². The second kappa shape index (κ2) is 6.20. The van der Waals surface area contributed by atoms with E-state index in [1.807, 2.05) is 24.3 Å². The summed E-state index contributed by atoms with van der Waals surface area (Å²) >= 11 is 11.6. The molecule has 2 heterocycles. The van der Waals surface area contributed by atoms with Gasteiger partial charge in [0.1, 0.15) is 0 Å². The molecule has 0 aliphatic carbocycles. The quantitative estimate of drug-likeness (QED) is 0.798. The van der Waals surface area contributed by atoms with Crippen LogP contribution in [0, 0.1) is 0 Å². The third-order valence-electron chi connectivity index (χ3n) is 3.02. The maximum atomic E-state index is 5.90. The molecule has 0 aliphatic rings. The van der Waals surface area contributed by atoms with Crippen molar-refractivity contribution in [3.05, 3.63) is 52.5 Å². The van der Waals surface area contributed by atoms with Crippen LogP contribution in [0.25, 0.3) is 10.9 Å². The van der Waals surface area contributed by atoms with Crippen molar-refractivity contribution < 1.29 is 0 Å². The van der Waals surface area contributed by atoms with E-state index in [0.29, 0.717) is 12.4 Å². The summed E-state index contributed by atoms with van der Waals surface area (Å²) in [6, 6.07) is 10.1.